The number of carbonyl (C=O) groups is 1. The number of hydrogen-bond acceptors (Lipinski definition) is 5. The van der Waals surface area contributed by atoms with Gasteiger partial charge in [0, 0.05) is 31.9 Å². The number of aromatic nitrogens is 3. The summed E-state index contributed by atoms with van der Waals surface area (Å²) in [6, 6.07) is 3.96. The third-order valence-electron chi connectivity index (χ3n) is 4.01. The van der Waals surface area contributed by atoms with Gasteiger partial charge < -0.3 is 4.74 Å². The first-order valence-electron chi connectivity index (χ1n) is 7.12. The number of nitrogens with one attached hydrogen (secondary N) is 1. The summed E-state index contributed by atoms with van der Waals surface area (Å²) in [5.41, 5.74) is 1.42. The number of piperidine rings is 1. The van der Waals surface area contributed by atoms with Gasteiger partial charge >= 0.3 is 5.69 Å². The zero-order valence-corrected chi connectivity index (χ0v) is 11.7. The van der Waals surface area contributed by atoms with Crippen LogP contribution in [0.2, 0.25) is 0 Å². The highest BCUT2D eigenvalue weighted by atomic mass is 16.5. The minimum atomic E-state index is -0.0913. The fourth-order valence-electron chi connectivity index (χ4n) is 2.95. The van der Waals surface area contributed by atoms with E-state index in [2.05, 4.69) is 14.9 Å². The zero-order chi connectivity index (χ0) is 14.7. The van der Waals surface area contributed by atoms with E-state index in [-0.39, 0.29) is 11.7 Å². The van der Waals surface area contributed by atoms with Crippen LogP contribution in [0.1, 0.15) is 18.9 Å². The summed E-state index contributed by atoms with van der Waals surface area (Å²) >= 11 is 0. The van der Waals surface area contributed by atoms with Crippen molar-refractivity contribution in [2.24, 2.45) is 0 Å². The van der Waals surface area contributed by atoms with Crippen molar-refractivity contribution in [3.8, 4) is 0 Å². The Labute approximate surface area is 121 Å². The quantitative estimate of drug-likeness (QED) is 0.642. The van der Waals surface area contributed by atoms with Crippen LogP contribution in [0.3, 0.4) is 0 Å². The molecule has 7 nitrogen and oxygen atoms in total. The van der Waals surface area contributed by atoms with Crippen molar-refractivity contribution >= 4 is 17.6 Å². The van der Waals surface area contributed by atoms with Gasteiger partial charge in [-0.1, -0.05) is 0 Å². The van der Waals surface area contributed by atoms with Gasteiger partial charge in [-0.15, -0.1) is 0 Å². The lowest BCUT2D eigenvalue weighted by Gasteiger charge is -2.32. The summed E-state index contributed by atoms with van der Waals surface area (Å²) in [4.78, 5) is 31.5. The number of fused-ring (bicyclic) bond motifs is 1. The van der Waals surface area contributed by atoms with E-state index in [0.717, 1.165) is 38.0 Å². The van der Waals surface area contributed by atoms with Crippen molar-refractivity contribution in [2.45, 2.75) is 18.9 Å². The molecule has 0 amide bonds. The third kappa shape index (κ3) is 2.82. The first-order valence-corrected chi connectivity index (χ1v) is 7.12. The van der Waals surface area contributed by atoms with Gasteiger partial charge in [-0.05, 0) is 25.0 Å². The van der Waals surface area contributed by atoms with Gasteiger partial charge in [-0.2, -0.15) is 0 Å². The largest absolute Gasteiger partial charge is 0.467 e. The van der Waals surface area contributed by atoms with Gasteiger partial charge in [0.1, 0.15) is 6.61 Å². The molecule has 1 aliphatic rings. The molecule has 0 aromatic carbocycles. The standard InChI is InChI=1S/C14H18N4O3/c19-10-21-9-8-17-6-3-11(4-7-17)18-12-2-1-5-15-13(12)16-14(18)20/h1-2,5,10-11H,3-4,6-9H2,(H,15,16,20). The minimum Gasteiger partial charge on any atom is -0.467 e. The summed E-state index contributed by atoms with van der Waals surface area (Å²) in [7, 11) is 0. The molecule has 7 heteroatoms. The van der Waals surface area contributed by atoms with Gasteiger partial charge in [-0.3, -0.25) is 19.2 Å². The molecule has 1 saturated heterocycles. The number of pyridine rings is 1. The molecular formula is C14H18N4O3. The molecule has 1 N–H and O–H groups in total. The molecular weight excluding hydrogens is 272 g/mol. The molecule has 2 aromatic heterocycles. The molecule has 0 unspecified atom stereocenters. The van der Waals surface area contributed by atoms with E-state index in [1.165, 1.54) is 0 Å². The lowest BCUT2D eigenvalue weighted by molar-refractivity contribution is -0.129. The van der Waals surface area contributed by atoms with Crippen molar-refractivity contribution in [3.05, 3.63) is 28.8 Å². The fraction of sp³-hybridized carbons (Fsp3) is 0.500. The number of aromatic amines is 1. The van der Waals surface area contributed by atoms with Crippen molar-refractivity contribution in [1.82, 2.24) is 19.4 Å². The Balaban J connectivity index is 1.70. The molecule has 0 atom stereocenters. The summed E-state index contributed by atoms with van der Waals surface area (Å²) in [5.74, 6) is 0. The SMILES string of the molecule is O=COCCN1CCC(n2c(=O)[nH]c3ncccc32)CC1. The molecule has 0 saturated carbocycles. The summed E-state index contributed by atoms with van der Waals surface area (Å²) in [5, 5.41) is 0. The Bertz CT molecular complexity index is 670. The van der Waals surface area contributed by atoms with Crippen LogP contribution in [-0.4, -0.2) is 52.1 Å². The van der Waals surface area contributed by atoms with Gasteiger partial charge in [0.05, 0.1) is 5.52 Å². The Morgan fingerprint density at radius 2 is 2.24 bits per heavy atom. The number of carbonyl (C=O) groups excluding carboxylic acids is 1. The molecule has 0 bridgehead atoms. The van der Waals surface area contributed by atoms with E-state index in [9.17, 15) is 9.59 Å². The second-order valence-electron chi connectivity index (χ2n) is 5.21. The summed E-state index contributed by atoms with van der Waals surface area (Å²) < 4.78 is 6.54. The average molecular weight is 290 g/mol. The molecule has 0 aliphatic carbocycles. The van der Waals surface area contributed by atoms with Gasteiger partial charge in [0.25, 0.3) is 6.47 Å². The molecule has 2 aromatic rings. The molecule has 3 heterocycles. The van der Waals surface area contributed by atoms with Crippen LogP contribution in [-0.2, 0) is 9.53 Å². The second-order valence-corrected chi connectivity index (χ2v) is 5.21. The van der Waals surface area contributed by atoms with Crippen molar-refractivity contribution in [1.29, 1.82) is 0 Å². The smallest absolute Gasteiger partial charge is 0.327 e. The number of likely N-dealkylation sites (tertiary alicyclic amines) is 1. The van der Waals surface area contributed by atoms with E-state index in [1.807, 2.05) is 16.7 Å². The normalized spacial score (nSPS) is 17.1. The van der Waals surface area contributed by atoms with E-state index < -0.39 is 0 Å². The number of H-pyrrole nitrogens is 1. The van der Waals surface area contributed by atoms with Crippen molar-refractivity contribution in [2.75, 3.05) is 26.2 Å². The van der Waals surface area contributed by atoms with Gasteiger partial charge in [-0.25, -0.2) is 9.78 Å². The maximum atomic E-state index is 12.1. The Kier molecular flexibility index (Phi) is 4.01. The highest BCUT2D eigenvalue weighted by molar-refractivity contribution is 5.70. The van der Waals surface area contributed by atoms with Gasteiger partial charge in [0.15, 0.2) is 5.65 Å². The number of ether oxygens (including phenoxy) is 1. The Morgan fingerprint density at radius 3 is 3.00 bits per heavy atom. The predicted molar refractivity (Wildman–Crippen MR) is 77.1 cm³/mol. The number of rotatable bonds is 5. The van der Waals surface area contributed by atoms with Crippen LogP contribution >= 0.6 is 0 Å². The van der Waals surface area contributed by atoms with Crippen LogP contribution in [0.25, 0.3) is 11.2 Å². The molecule has 21 heavy (non-hydrogen) atoms. The van der Waals surface area contributed by atoms with E-state index in [1.54, 1.807) is 6.20 Å². The Hall–Kier alpha value is -2.15. The fourth-order valence-corrected chi connectivity index (χ4v) is 2.95. The van der Waals surface area contributed by atoms with Crippen LogP contribution in [0.15, 0.2) is 23.1 Å². The number of nitrogens with zero attached hydrogens (tertiary/aromatic N) is 3. The maximum Gasteiger partial charge on any atom is 0.327 e. The molecule has 3 rings (SSSR count). The number of imidazole rings is 1. The van der Waals surface area contributed by atoms with Gasteiger partial charge in [0.2, 0.25) is 0 Å². The lowest BCUT2D eigenvalue weighted by Crippen LogP contribution is -2.38. The first kappa shape index (κ1) is 13.8. The topological polar surface area (TPSA) is 80.2 Å². The molecule has 1 fully saturated rings. The first-order chi connectivity index (χ1) is 10.3. The highest BCUT2D eigenvalue weighted by Gasteiger charge is 2.23. The van der Waals surface area contributed by atoms with Crippen molar-refractivity contribution < 1.29 is 9.53 Å². The zero-order valence-electron chi connectivity index (χ0n) is 11.7. The third-order valence-corrected chi connectivity index (χ3v) is 4.01. The second kappa shape index (κ2) is 6.09. The molecule has 112 valence electrons. The van der Waals surface area contributed by atoms with E-state index >= 15 is 0 Å². The van der Waals surface area contributed by atoms with Crippen LogP contribution in [0.5, 0.6) is 0 Å². The van der Waals surface area contributed by atoms with E-state index in [0.29, 0.717) is 18.7 Å². The Morgan fingerprint density at radius 1 is 1.43 bits per heavy atom. The summed E-state index contributed by atoms with van der Waals surface area (Å²) in [6.45, 7) is 3.44. The molecule has 0 radical (unpaired) electrons. The van der Waals surface area contributed by atoms with E-state index in [4.69, 9.17) is 4.74 Å². The lowest BCUT2D eigenvalue weighted by atomic mass is 10.0. The monoisotopic (exact) mass is 290 g/mol. The van der Waals surface area contributed by atoms with Crippen LogP contribution in [0.4, 0.5) is 0 Å². The molecule has 1 aliphatic heterocycles. The maximum absolute atomic E-state index is 12.1. The predicted octanol–water partition coefficient (Wildman–Crippen LogP) is 0.534. The average Bonchev–Trinajstić information content (AvgIpc) is 2.84. The molecule has 0 spiro atoms. The van der Waals surface area contributed by atoms with Crippen molar-refractivity contribution in [3.63, 3.8) is 0 Å². The van der Waals surface area contributed by atoms with Crippen LogP contribution < -0.4 is 5.69 Å². The minimum absolute atomic E-state index is 0.0913. The highest BCUT2D eigenvalue weighted by Crippen LogP contribution is 2.23. The number of hydrogen-bond donors (Lipinski definition) is 1. The summed E-state index contributed by atoms with van der Waals surface area (Å²) in [6.07, 6.45) is 3.49. The van der Waals surface area contributed by atoms with Crippen LogP contribution in [0, 0.1) is 0 Å².